The van der Waals surface area contributed by atoms with Gasteiger partial charge in [0.05, 0.1) is 23.7 Å². The van der Waals surface area contributed by atoms with Crippen molar-refractivity contribution in [2.75, 3.05) is 0 Å². The van der Waals surface area contributed by atoms with Crippen molar-refractivity contribution in [1.82, 2.24) is 14.8 Å². The molecule has 0 radical (unpaired) electrons. The van der Waals surface area contributed by atoms with Crippen LogP contribution in [0.3, 0.4) is 0 Å². The summed E-state index contributed by atoms with van der Waals surface area (Å²) in [7, 11) is 0. The molecule has 0 fully saturated rings. The average molecular weight is 345 g/mol. The van der Waals surface area contributed by atoms with E-state index in [2.05, 4.69) is 22.3 Å². The van der Waals surface area contributed by atoms with Crippen molar-refractivity contribution in [3.8, 4) is 23.3 Å². The molecular weight excluding hydrogens is 330 g/mol. The van der Waals surface area contributed by atoms with Gasteiger partial charge in [-0.25, -0.2) is 4.79 Å². The number of hydrogen-bond donors (Lipinski definition) is 2. The van der Waals surface area contributed by atoms with Gasteiger partial charge in [0.25, 0.3) is 0 Å². The van der Waals surface area contributed by atoms with E-state index in [4.69, 9.17) is 5.26 Å². The summed E-state index contributed by atoms with van der Waals surface area (Å²) in [6, 6.07) is 11.4. The zero-order chi connectivity index (χ0) is 18.8. The minimum Gasteiger partial charge on any atom is -0.476 e. The number of carbonyl (C=O) groups is 1. The predicted molar refractivity (Wildman–Crippen MR) is 93.4 cm³/mol. The number of rotatable bonds is 4. The Bertz CT molecular complexity index is 1080. The molecule has 3 rings (SSSR count). The molecule has 0 aliphatic rings. The van der Waals surface area contributed by atoms with Crippen molar-refractivity contribution >= 4 is 5.97 Å². The van der Waals surface area contributed by atoms with Crippen LogP contribution in [-0.4, -0.2) is 25.8 Å². The van der Waals surface area contributed by atoms with Crippen LogP contribution >= 0.6 is 0 Å². The number of benzene rings is 1. The highest BCUT2D eigenvalue weighted by Crippen LogP contribution is 2.32. The number of nitrogens with one attached hydrogen (secondary N) is 1. The molecule has 3 aromatic rings. The first-order valence-corrected chi connectivity index (χ1v) is 7.84. The van der Waals surface area contributed by atoms with Gasteiger partial charge in [-0.3, -0.25) is 5.10 Å². The number of nitriles is 2. The van der Waals surface area contributed by atoms with Crippen LogP contribution in [0.15, 0.2) is 30.5 Å². The summed E-state index contributed by atoms with van der Waals surface area (Å²) >= 11 is 0. The van der Waals surface area contributed by atoms with Crippen LogP contribution in [0.1, 0.15) is 38.6 Å². The van der Waals surface area contributed by atoms with E-state index in [0.717, 1.165) is 22.5 Å². The SMILES string of the molecule is Cc1c(C#N)c(-c2ccc(C#N)cc2)c(C)n1Cc1c[nH]nc1C(=O)O. The fourth-order valence-electron chi connectivity index (χ4n) is 3.11. The minimum absolute atomic E-state index is 0.0315. The molecule has 0 bridgehead atoms. The van der Waals surface area contributed by atoms with Gasteiger partial charge in [0.1, 0.15) is 6.07 Å². The molecule has 0 unspecified atom stereocenters. The standard InChI is InChI=1S/C19H15N5O2/c1-11-16(8-21)17(14-5-3-13(7-20)4-6-14)12(2)24(11)10-15-9-22-23-18(15)19(25)26/h3-6,9H,10H2,1-2H3,(H,22,23)(H,25,26). The lowest BCUT2D eigenvalue weighted by atomic mass is 10.0. The van der Waals surface area contributed by atoms with Crippen LogP contribution in [0.25, 0.3) is 11.1 Å². The highest BCUT2D eigenvalue weighted by Gasteiger charge is 2.21. The van der Waals surface area contributed by atoms with Gasteiger partial charge in [0, 0.05) is 28.7 Å². The monoisotopic (exact) mass is 345 g/mol. The smallest absolute Gasteiger partial charge is 0.356 e. The fourth-order valence-corrected chi connectivity index (χ4v) is 3.11. The summed E-state index contributed by atoms with van der Waals surface area (Å²) in [5.74, 6) is -1.10. The van der Waals surface area contributed by atoms with Crippen LogP contribution in [0.5, 0.6) is 0 Å². The van der Waals surface area contributed by atoms with E-state index in [1.54, 1.807) is 18.3 Å². The Morgan fingerprint density at radius 3 is 2.46 bits per heavy atom. The highest BCUT2D eigenvalue weighted by atomic mass is 16.4. The Hall–Kier alpha value is -3.84. The van der Waals surface area contributed by atoms with Crippen molar-refractivity contribution < 1.29 is 9.90 Å². The normalized spacial score (nSPS) is 10.3. The topological polar surface area (TPSA) is 118 Å². The van der Waals surface area contributed by atoms with Gasteiger partial charge in [-0.2, -0.15) is 15.6 Å². The molecule has 2 aromatic heterocycles. The van der Waals surface area contributed by atoms with E-state index >= 15 is 0 Å². The number of nitrogens with zero attached hydrogens (tertiary/aromatic N) is 4. The summed E-state index contributed by atoms with van der Waals surface area (Å²) in [5, 5.41) is 34.2. The Morgan fingerprint density at radius 1 is 1.19 bits per heavy atom. The second-order valence-electron chi connectivity index (χ2n) is 5.87. The van der Waals surface area contributed by atoms with E-state index in [-0.39, 0.29) is 5.69 Å². The molecule has 0 amide bonds. The lowest BCUT2D eigenvalue weighted by molar-refractivity contribution is 0.0689. The summed E-state index contributed by atoms with van der Waals surface area (Å²) in [6.45, 7) is 4.02. The van der Waals surface area contributed by atoms with Crippen LogP contribution in [-0.2, 0) is 6.54 Å². The Balaban J connectivity index is 2.12. The number of aromatic carboxylic acids is 1. The molecule has 2 N–H and O–H groups in total. The number of hydrogen-bond acceptors (Lipinski definition) is 4. The largest absolute Gasteiger partial charge is 0.476 e. The van der Waals surface area contributed by atoms with E-state index in [1.807, 2.05) is 30.5 Å². The third-order valence-corrected chi connectivity index (χ3v) is 4.45. The molecule has 0 atom stereocenters. The Labute approximate surface area is 149 Å². The Morgan fingerprint density at radius 2 is 1.88 bits per heavy atom. The van der Waals surface area contributed by atoms with Crippen LogP contribution in [0, 0.1) is 36.5 Å². The third-order valence-electron chi connectivity index (χ3n) is 4.45. The van der Waals surface area contributed by atoms with E-state index in [1.165, 1.54) is 0 Å². The number of aromatic nitrogens is 3. The molecular formula is C19H15N5O2. The summed E-state index contributed by atoms with van der Waals surface area (Å²) in [6.07, 6.45) is 1.55. The Kier molecular flexibility index (Phi) is 4.30. The first-order valence-electron chi connectivity index (χ1n) is 7.84. The lowest BCUT2D eigenvalue weighted by Crippen LogP contribution is -2.08. The summed E-state index contributed by atoms with van der Waals surface area (Å²) < 4.78 is 1.91. The van der Waals surface area contributed by atoms with Crippen molar-refractivity contribution in [1.29, 1.82) is 10.5 Å². The van der Waals surface area contributed by atoms with Crippen molar-refractivity contribution in [2.45, 2.75) is 20.4 Å². The van der Waals surface area contributed by atoms with Gasteiger partial charge in [0.2, 0.25) is 0 Å². The molecule has 0 saturated heterocycles. The molecule has 0 aliphatic carbocycles. The molecule has 7 heteroatoms. The number of carboxylic acids is 1. The van der Waals surface area contributed by atoms with Gasteiger partial charge >= 0.3 is 5.97 Å². The summed E-state index contributed by atoms with van der Waals surface area (Å²) in [4.78, 5) is 11.3. The maximum atomic E-state index is 11.3. The molecule has 7 nitrogen and oxygen atoms in total. The van der Waals surface area contributed by atoms with Crippen LogP contribution < -0.4 is 0 Å². The minimum atomic E-state index is -1.10. The first kappa shape index (κ1) is 17.0. The highest BCUT2D eigenvalue weighted by molar-refractivity contribution is 5.87. The number of carboxylic acid groups (broad SMARTS) is 1. The molecule has 0 aliphatic heterocycles. The molecule has 0 spiro atoms. The fraction of sp³-hybridized carbons (Fsp3) is 0.158. The van der Waals surface area contributed by atoms with Crippen molar-refractivity contribution in [3.63, 3.8) is 0 Å². The van der Waals surface area contributed by atoms with Gasteiger partial charge in [0.15, 0.2) is 5.69 Å². The van der Waals surface area contributed by atoms with Gasteiger partial charge < -0.3 is 9.67 Å². The average Bonchev–Trinajstić information content (AvgIpc) is 3.20. The second kappa shape index (κ2) is 6.58. The van der Waals surface area contributed by atoms with Crippen LogP contribution in [0.4, 0.5) is 0 Å². The molecule has 128 valence electrons. The quantitative estimate of drug-likeness (QED) is 0.753. The molecule has 26 heavy (non-hydrogen) atoms. The van der Waals surface area contributed by atoms with Crippen molar-refractivity contribution in [2.24, 2.45) is 0 Å². The van der Waals surface area contributed by atoms with Crippen molar-refractivity contribution in [3.05, 3.63) is 64.2 Å². The van der Waals surface area contributed by atoms with E-state index in [9.17, 15) is 15.2 Å². The van der Waals surface area contributed by atoms with Gasteiger partial charge in [-0.1, -0.05) is 12.1 Å². The summed E-state index contributed by atoms with van der Waals surface area (Å²) in [5.41, 5.74) is 4.81. The maximum absolute atomic E-state index is 11.3. The second-order valence-corrected chi connectivity index (χ2v) is 5.87. The van der Waals surface area contributed by atoms with E-state index in [0.29, 0.717) is 23.2 Å². The number of aromatic amines is 1. The number of H-pyrrole nitrogens is 1. The first-order chi connectivity index (χ1) is 12.5. The molecule has 1 aromatic carbocycles. The lowest BCUT2D eigenvalue weighted by Gasteiger charge is -2.09. The van der Waals surface area contributed by atoms with E-state index < -0.39 is 5.97 Å². The van der Waals surface area contributed by atoms with Gasteiger partial charge in [-0.05, 0) is 31.5 Å². The maximum Gasteiger partial charge on any atom is 0.356 e. The molecule has 0 saturated carbocycles. The third kappa shape index (κ3) is 2.72. The zero-order valence-electron chi connectivity index (χ0n) is 14.2. The zero-order valence-corrected chi connectivity index (χ0v) is 14.2. The van der Waals surface area contributed by atoms with Gasteiger partial charge in [-0.15, -0.1) is 0 Å². The molecule has 2 heterocycles. The predicted octanol–water partition coefficient (Wildman–Crippen LogP) is 2.98. The van der Waals surface area contributed by atoms with Crippen LogP contribution in [0.2, 0.25) is 0 Å².